The smallest absolute Gasteiger partial charge is 0.138 e. The summed E-state index contributed by atoms with van der Waals surface area (Å²) < 4.78 is 4.07. The van der Waals surface area contributed by atoms with E-state index in [0.29, 0.717) is 0 Å². The van der Waals surface area contributed by atoms with Crippen LogP contribution < -0.4 is 4.90 Å². The number of imidazole rings is 1. The summed E-state index contributed by atoms with van der Waals surface area (Å²) in [6.07, 6.45) is 10.8. The molecule has 35 heavy (non-hydrogen) atoms. The molecule has 1 saturated heterocycles. The molecule has 0 aliphatic carbocycles. The second kappa shape index (κ2) is 9.00. The lowest BCUT2D eigenvalue weighted by Gasteiger charge is -2.36. The van der Waals surface area contributed by atoms with Gasteiger partial charge in [-0.15, -0.1) is 0 Å². The first-order chi connectivity index (χ1) is 17.2. The van der Waals surface area contributed by atoms with Gasteiger partial charge in [-0.2, -0.15) is 5.10 Å². The number of hydrogen-bond donors (Lipinski definition) is 1. The van der Waals surface area contributed by atoms with E-state index in [4.69, 9.17) is 4.98 Å². The van der Waals surface area contributed by atoms with Crippen molar-refractivity contribution in [3.05, 3.63) is 91.1 Å². The van der Waals surface area contributed by atoms with E-state index in [1.807, 2.05) is 42.5 Å². The van der Waals surface area contributed by atoms with Crippen molar-refractivity contribution in [1.29, 1.82) is 0 Å². The van der Waals surface area contributed by atoms with Crippen molar-refractivity contribution in [3.8, 4) is 22.4 Å². The number of pyridine rings is 2. The average Bonchev–Trinajstić information content (AvgIpc) is 3.55. The van der Waals surface area contributed by atoms with Crippen LogP contribution >= 0.6 is 0 Å². The first-order valence-electron chi connectivity index (χ1n) is 12.1. The van der Waals surface area contributed by atoms with E-state index < -0.39 is 6.10 Å². The summed E-state index contributed by atoms with van der Waals surface area (Å²) >= 11 is 0. The Balaban J connectivity index is 1.26. The Hall–Kier alpha value is -3.97. The van der Waals surface area contributed by atoms with Gasteiger partial charge in [-0.1, -0.05) is 36.4 Å². The van der Waals surface area contributed by atoms with Crippen molar-refractivity contribution in [1.82, 2.24) is 24.1 Å². The first kappa shape index (κ1) is 21.6. The number of nitrogens with zero attached hydrogens (tertiary/aromatic N) is 6. The van der Waals surface area contributed by atoms with E-state index in [1.54, 1.807) is 12.4 Å². The maximum atomic E-state index is 10.9. The Morgan fingerprint density at radius 2 is 1.69 bits per heavy atom. The molecule has 1 aromatic carbocycles. The maximum absolute atomic E-state index is 10.9. The molecule has 0 saturated carbocycles. The number of aliphatic hydroxyl groups excluding tert-OH is 1. The molecule has 5 aromatic rings. The van der Waals surface area contributed by atoms with Gasteiger partial charge in [0.05, 0.1) is 24.2 Å². The predicted molar refractivity (Wildman–Crippen MR) is 137 cm³/mol. The topological polar surface area (TPSA) is 71.5 Å². The van der Waals surface area contributed by atoms with Crippen LogP contribution in [0.3, 0.4) is 0 Å². The summed E-state index contributed by atoms with van der Waals surface area (Å²) in [4.78, 5) is 11.3. The van der Waals surface area contributed by atoms with Gasteiger partial charge < -0.3 is 10.0 Å². The third kappa shape index (κ3) is 4.08. The number of anilines is 1. The quantitative estimate of drug-likeness (QED) is 0.407. The Labute approximate surface area is 204 Å². The number of piperidine rings is 1. The lowest BCUT2D eigenvalue weighted by molar-refractivity contribution is 0.0925. The number of benzene rings is 1. The lowest BCUT2D eigenvalue weighted by Crippen LogP contribution is -2.36. The van der Waals surface area contributed by atoms with E-state index >= 15 is 0 Å². The van der Waals surface area contributed by atoms with Crippen molar-refractivity contribution < 1.29 is 5.11 Å². The van der Waals surface area contributed by atoms with Crippen LogP contribution in [0.15, 0.2) is 85.6 Å². The summed E-state index contributed by atoms with van der Waals surface area (Å²) in [5.41, 5.74) is 6.29. The van der Waals surface area contributed by atoms with Gasteiger partial charge in [0, 0.05) is 49.9 Å². The minimum atomic E-state index is -0.469. The second-order valence-corrected chi connectivity index (χ2v) is 9.26. The minimum absolute atomic E-state index is 0.233. The Kier molecular flexibility index (Phi) is 5.54. The molecule has 0 radical (unpaired) electrons. The van der Waals surface area contributed by atoms with Crippen LogP contribution in [0.25, 0.3) is 28.0 Å². The van der Waals surface area contributed by atoms with Crippen LogP contribution in [0.4, 0.5) is 5.82 Å². The van der Waals surface area contributed by atoms with Crippen LogP contribution in [-0.2, 0) is 7.05 Å². The average molecular weight is 465 g/mol. The summed E-state index contributed by atoms with van der Waals surface area (Å²) in [6.45, 7) is 1.78. The maximum Gasteiger partial charge on any atom is 0.138 e. The highest BCUT2D eigenvalue weighted by atomic mass is 16.3. The standard InChI is InChI=1S/C28H28N6O/c1-32-19-24(17-31-32)20-7-9-21(10-8-20)25-18-30-26-5-2-6-27(34(25)26)33-14-11-22(12-15-33)28(35)23-4-3-13-29-16-23/h2-10,13,16-19,22,28,35H,11-12,14-15H2,1H3. The molecule has 7 heteroatoms. The second-order valence-electron chi connectivity index (χ2n) is 9.26. The fourth-order valence-electron chi connectivity index (χ4n) is 5.14. The van der Waals surface area contributed by atoms with Gasteiger partial charge in [-0.05, 0) is 48.1 Å². The van der Waals surface area contributed by atoms with E-state index in [1.165, 1.54) is 0 Å². The monoisotopic (exact) mass is 464 g/mol. The molecule has 0 amide bonds. The van der Waals surface area contributed by atoms with Crippen molar-refractivity contribution in [2.75, 3.05) is 18.0 Å². The summed E-state index contributed by atoms with van der Waals surface area (Å²) in [7, 11) is 1.93. The molecule has 1 aliphatic heterocycles. The van der Waals surface area contributed by atoms with Gasteiger partial charge in [-0.25, -0.2) is 4.98 Å². The lowest BCUT2D eigenvalue weighted by atomic mass is 9.88. The van der Waals surface area contributed by atoms with Crippen molar-refractivity contribution in [2.24, 2.45) is 13.0 Å². The van der Waals surface area contributed by atoms with Crippen LogP contribution in [-0.4, -0.2) is 42.3 Å². The van der Waals surface area contributed by atoms with Crippen LogP contribution in [0.5, 0.6) is 0 Å². The number of aliphatic hydroxyl groups is 1. The molecule has 5 heterocycles. The van der Waals surface area contributed by atoms with Crippen molar-refractivity contribution in [3.63, 3.8) is 0 Å². The van der Waals surface area contributed by atoms with Crippen LogP contribution in [0.1, 0.15) is 24.5 Å². The van der Waals surface area contributed by atoms with Gasteiger partial charge in [0.15, 0.2) is 0 Å². The van der Waals surface area contributed by atoms with Gasteiger partial charge in [-0.3, -0.25) is 14.1 Å². The van der Waals surface area contributed by atoms with Crippen LogP contribution in [0, 0.1) is 5.92 Å². The number of aryl methyl sites for hydroxylation is 1. The molecular formula is C28H28N6O. The molecular weight excluding hydrogens is 436 g/mol. The molecule has 1 fully saturated rings. The number of rotatable bonds is 5. The molecule has 1 unspecified atom stereocenters. The number of hydrogen-bond acceptors (Lipinski definition) is 5. The normalized spacial score (nSPS) is 15.5. The predicted octanol–water partition coefficient (Wildman–Crippen LogP) is 4.75. The summed E-state index contributed by atoms with van der Waals surface area (Å²) in [5.74, 6) is 1.37. The largest absolute Gasteiger partial charge is 0.388 e. The zero-order valence-electron chi connectivity index (χ0n) is 19.7. The Morgan fingerprint density at radius 3 is 2.40 bits per heavy atom. The molecule has 6 rings (SSSR count). The first-order valence-corrected chi connectivity index (χ1v) is 12.1. The minimum Gasteiger partial charge on any atom is -0.388 e. The molecule has 0 spiro atoms. The van der Waals surface area contributed by atoms with Crippen molar-refractivity contribution in [2.45, 2.75) is 18.9 Å². The highest BCUT2D eigenvalue weighted by Crippen LogP contribution is 2.34. The van der Waals surface area contributed by atoms with Gasteiger partial charge in [0.25, 0.3) is 0 Å². The third-order valence-electron chi connectivity index (χ3n) is 7.06. The fourth-order valence-corrected chi connectivity index (χ4v) is 5.14. The third-order valence-corrected chi connectivity index (χ3v) is 7.06. The summed E-state index contributed by atoms with van der Waals surface area (Å²) in [5, 5.41) is 15.1. The van der Waals surface area contributed by atoms with E-state index in [9.17, 15) is 5.11 Å². The highest BCUT2D eigenvalue weighted by molar-refractivity contribution is 5.71. The molecule has 1 atom stereocenters. The molecule has 0 bridgehead atoms. The highest BCUT2D eigenvalue weighted by Gasteiger charge is 2.27. The van der Waals surface area contributed by atoms with E-state index in [-0.39, 0.29) is 5.92 Å². The molecule has 1 aliphatic rings. The SMILES string of the molecule is Cn1cc(-c2ccc(-c3cnc4cccc(N5CCC(C(O)c6cccnc6)CC5)n34)cc2)cn1. The molecule has 4 aromatic heterocycles. The Bertz CT molecular complexity index is 1430. The number of fused-ring (bicyclic) bond motifs is 1. The van der Waals surface area contributed by atoms with Crippen LogP contribution in [0.2, 0.25) is 0 Å². The van der Waals surface area contributed by atoms with Gasteiger partial charge in [0.2, 0.25) is 0 Å². The Morgan fingerprint density at radius 1 is 0.886 bits per heavy atom. The zero-order valence-corrected chi connectivity index (χ0v) is 19.7. The summed E-state index contributed by atoms with van der Waals surface area (Å²) in [6, 6.07) is 18.7. The van der Waals surface area contributed by atoms with Gasteiger partial charge in [0.1, 0.15) is 11.5 Å². The molecule has 1 N–H and O–H groups in total. The fraction of sp³-hybridized carbons (Fsp3) is 0.250. The van der Waals surface area contributed by atoms with Gasteiger partial charge >= 0.3 is 0 Å². The number of aromatic nitrogens is 5. The zero-order chi connectivity index (χ0) is 23.8. The molecule has 7 nitrogen and oxygen atoms in total. The van der Waals surface area contributed by atoms with E-state index in [2.05, 4.69) is 61.8 Å². The van der Waals surface area contributed by atoms with Crippen molar-refractivity contribution >= 4 is 11.5 Å². The van der Waals surface area contributed by atoms with E-state index in [0.717, 1.165) is 65.3 Å². The molecule has 176 valence electrons.